The fourth-order valence-electron chi connectivity index (χ4n) is 5.43. The van der Waals surface area contributed by atoms with E-state index in [0.717, 1.165) is 33.5 Å². The van der Waals surface area contributed by atoms with Gasteiger partial charge in [0.2, 0.25) is 5.91 Å². The van der Waals surface area contributed by atoms with E-state index in [1.54, 1.807) is 23.1 Å². The number of hydrogen-bond acceptors (Lipinski definition) is 4. The van der Waals surface area contributed by atoms with Crippen LogP contribution in [0.1, 0.15) is 32.1 Å². The summed E-state index contributed by atoms with van der Waals surface area (Å²) in [6, 6.07) is 8.61. The smallest absolute Gasteiger partial charge is 0.230 e. The molecule has 4 aliphatic carbocycles. The van der Waals surface area contributed by atoms with Crippen molar-refractivity contribution in [3.63, 3.8) is 0 Å². The molecule has 0 unspecified atom stereocenters. The Morgan fingerprint density at radius 1 is 1.12 bits per heavy atom. The maximum atomic E-state index is 12.5. The Morgan fingerprint density at radius 2 is 1.83 bits per heavy atom. The Kier molecular flexibility index (Phi) is 3.82. The average molecular weight is 359 g/mol. The van der Waals surface area contributed by atoms with E-state index in [9.17, 15) is 4.79 Å². The van der Waals surface area contributed by atoms with Gasteiger partial charge in [-0.1, -0.05) is 23.9 Å². The van der Waals surface area contributed by atoms with Crippen LogP contribution in [0.4, 0.5) is 0 Å². The zero-order valence-electron chi connectivity index (χ0n) is 13.6. The van der Waals surface area contributed by atoms with Gasteiger partial charge in [-0.25, -0.2) is 4.98 Å². The van der Waals surface area contributed by atoms with Crippen LogP contribution in [0.2, 0.25) is 0 Å². The number of fused-ring (bicyclic) bond motifs is 1. The molecule has 1 N–H and O–H groups in total. The number of nitrogens with zero attached hydrogens (tertiary/aromatic N) is 1. The first-order valence-corrected chi connectivity index (χ1v) is 10.8. The molecule has 2 aromatic rings. The van der Waals surface area contributed by atoms with Gasteiger partial charge in [0, 0.05) is 6.04 Å². The number of aromatic nitrogens is 1. The van der Waals surface area contributed by atoms with E-state index in [1.165, 1.54) is 36.8 Å². The molecule has 4 fully saturated rings. The van der Waals surface area contributed by atoms with Gasteiger partial charge in [0.15, 0.2) is 4.34 Å². The molecular formula is C19H22N2OS2. The number of hydrogen-bond donors (Lipinski definition) is 1. The lowest BCUT2D eigenvalue weighted by atomic mass is 9.54. The molecule has 24 heavy (non-hydrogen) atoms. The number of para-hydroxylation sites is 1. The predicted octanol–water partition coefficient (Wildman–Crippen LogP) is 4.33. The molecule has 0 radical (unpaired) electrons. The van der Waals surface area contributed by atoms with E-state index >= 15 is 0 Å². The van der Waals surface area contributed by atoms with E-state index in [2.05, 4.69) is 16.4 Å². The van der Waals surface area contributed by atoms with Crippen LogP contribution in [0.5, 0.6) is 0 Å². The van der Waals surface area contributed by atoms with Crippen molar-refractivity contribution in [1.29, 1.82) is 0 Å². The van der Waals surface area contributed by atoms with Crippen molar-refractivity contribution in [2.45, 2.75) is 42.5 Å². The van der Waals surface area contributed by atoms with E-state index in [0.29, 0.717) is 11.8 Å². The summed E-state index contributed by atoms with van der Waals surface area (Å²) in [5.41, 5.74) is 1.03. The van der Waals surface area contributed by atoms with Gasteiger partial charge in [0.25, 0.3) is 0 Å². The van der Waals surface area contributed by atoms with Crippen LogP contribution >= 0.6 is 23.1 Å². The molecule has 3 nitrogen and oxygen atoms in total. The molecule has 1 amide bonds. The minimum Gasteiger partial charge on any atom is -0.352 e. The topological polar surface area (TPSA) is 42.0 Å². The number of amides is 1. The lowest BCUT2D eigenvalue weighted by Gasteiger charge is -2.54. The van der Waals surface area contributed by atoms with Crippen molar-refractivity contribution in [3.8, 4) is 0 Å². The molecule has 0 saturated heterocycles. The van der Waals surface area contributed by atoms with Crippen LogP contribution in [-0.2, 0) is 4.79 Å². The van der Waals surface area contributed by atoms with Gasteiger partial charge in [-0.05, 0) is 67.9 Å². The van der Waals surface area contributed by atoms with Gasteiger partial charge < -0.3 is 5.32 Å². The number of carbonyl (C=O) groups excluding carboxylic acids is 1. The van der Waals surface area contributed by atoms with E-state index in [4.69, 9.17) is 0 Å². The van der Waals surface area contributed by atoms with Crippen LogP contribution in [0.3, 0.4) is 0 Å². The van der Waals surface area contributed by atoms with Crippen molar-refractivity contribution in [2.75, 3.05) is 5.75 Å². The zero-order valence-corrected chi connectivity index (χ0v) is 15.2. The Balaban J connectivity index is 1.20. The van der Waals surface area contributed by atoms with Gasteiger partial charge in [0.1, 0.15) is 0 Å². The van der Waals surface area contributed by atoms with E-state index in [-0.39, 0.29) is 5.91 Å². The summed E-state index contributed by atoms with van der Waals surface area (Å²) in [5, 5.41) is 3.38. The highest BCUT2D eigenvalue weighted by molar-refractivity contribution is 8.01. The second-order valence-corrected chi connectivity index (χ2v) is 10.0. The second-order valence-electron chi connectivity index (χ2n) is 7.76. The summed E-state index contributed by atoms with van der Waals surface area (Å²) in [6.45, 7) is 0. The predicted molar refractivity (Wildman–Crippen MR) is 99.3 cm³/mol. The third-order valence-electron chi connectivity index (χ3n) is 6.16. The molecule has 4 bridgehead atoms. The lowest BCUT2D eigenvalue weighted by molar-refractivity contribution is -0.122. The zero-order chi connectivity index (χ0) is 16.1. The molecule has 4 saturated carbocycles. The quantitative estimate of drug-likeness (QED) is 0.827. The molecule has 1 aromatic heterocycles. The number of thiazole rings is 1. The highest BCUT2D eigenvalue weighted by Crippen LogP contribution is 2.53. The number of nitrogens with one attached hydrogen (secondary N) is 1. The van der Waals surface area contributed by atoms with Crippen molar-refractivity contribution in [2.24, 2.45) is 23.7 Å². The van der Waals surface area contributed by atoms with Crippen molar-refractivity contribution in [1.82, 2.24) is 10.3 Å². The van der Waals surface area contributed by atoms with Crippen molar-refractivity contribution >= 4 is 39.2 Å². The maximum absolute atomic E-state index is 12.5. The Morgan fingerprint density at radius 3 is 2.54 bits per heavy atom. The SMILES string of the molecule is O=C(CSc1nc2ccccc2s1)NC1C2CC3CC(C2)CC1C3. The minimum atomic E-state index is 0.191. The standard InChI is InChI=1S/C19H22N2OS2/c22-17(10-23-19-20-15-3-1-2-4-16(15)24-19)21-18-13-6-11-5-12(8-13)9-14(18)7-11/h1-4,11-14,18H,5-10H2,(H,21,22). The maximum Gasteiger partial charge on any atom is 0.230 e. The highest BCUT2D eigenvalue weighted by atomic mass is 32.2. The first-order valence-electron chi connectivity index (χ1n) is 9.02. The molecule has 1 aromatic carbocycles. The fraction of sp³-hybridized carbons (Fsp3) is 0.579. The van der Waals surface area contributed by atoms with Gasteiger partial charge in [-0.15, -0.1) is 11.3 Å². The van der Waals surface area contributed by atoms with E-state index in [1.807, 2.05) is 18.2 Å². The number of benzene rings is 1. The monoisotopic (exact) mass is 358 g/mol. The van der Waals surface area contributed by atoms with Crippen LogP contribution in [0, 0.1) is 23.7 Å². The molecule has 5 heteroatoms. The Hall–Kier alpha value is -1.07. The molecule has 0 aliphatic heterocycles. The summed E-state index contributed by atoms with van der Waals surface area (Å²) in [7, 11) is 0. The summed E-state index contributed by atoms with van der Waals surface area (Å²) >= 11 is 3.26. The van der Waals surface area contributed by atoms with Gasteiger partial charge in [-0.3, -0.25) is 4.79 Å². The molecule has 126 valence electrons. The van der Waals surface area contributed by atoms with E-state index < -0.39 is 0 Å². The van der Waals surface area contributed by atoms with Crippen molar-refractivity contribution < 1.29 is 4.79 Å². The number of thioether (sulfide) groups is 1. The molecule has 6 rings (SSSR count). The second kappa shape index (κ2) is 6.03. The first kappa shape index (κ1) is 15.2. The summed E-state index contributed by atoms with van der Waals surface area (Å²) in [6.07, 6.45) is 6.86. The Bertz CT molecular complexity index is 711. The number of rotatable bonds is 4. The fourth-order valence-corrected chi connectivity index (χ4v) is 7.31. The van der Waals surface area contributed by atoms with Gasteiger partial charge in [0.05, 0.1) is 16.0 Å². The van der Waals surface area contributed by atoms with Crippen LogP contribution < -0.4 is 5.32 Å². The molecular weight excluding hydrogens is 336 g/mol. The van der Waals surface area contributed by atoms with Crippen molar-refractivity contribution in [3.05, 3.63) is 24.3 Å². The third-order valence-corrected chi connectivity index (χ3v) is 8.33. The van der Waals surface area contributed by atoms with Crippen LogP contribution in [-0.4, -0.2) is 22.7 Å². The van der Waals surface area contributed by atoms with Crippen LogP contribution in [0.15, 0.2) is 28.6 Å². The molecule has 0 atom stereocenters. The van der Waals surface area contributed by atoms with Crippen LogP contribution in [0.25, 0.3) is 10.2 Å². The first-order chi connectivity index (χ1) is 11.7. The highest BCUT2D eigenvalue weighted by Gasteiger charge is 2.48. The normalized spacial score (nSPS) is 33.9. The lowest BCUT2D eigenvalue weighted by Crippen LogP contribution is -2.56. The summed E-state index contributed by atoms with van der Waals surface area (Å²) in [5.74, 6) is 4.09. The van der Waals surface area contributed by atoms with Gasteiger partial charge in [-0.2, -0.15) is 0 Å². The summed E-state index contributed by atoms with van der Waals surface area (Å²) < 4.78 is 2.19. The minimum absolute atomic E-state index is 0.191. The largest absolute Gasteiger partial charge is 0.352 e. The van der Waals surface area contributed by atoms with Gasteiger partial charge >= 0.3 is 0 Å². The number of carbonyl (C=O) groups is 1. The third kappa shape index (κ3) is 2.76. The Labute approximate surface area is 150 Å². The summed E-state index contributed by atoms with van der Waals surface area (Å²) in [4.78, 5) is 17.1. The average Bonchev–Trinajstić information content (AvgIpc) is 2.98. The molecule has 4 aliphatic rings. The molecule has 1 heterocycles. The molecule has 0 spiro atoms.